The van der Waals surface area contributed by atoms with Crippen LogP contribution in [0.4, 0.5) is 0 Å². The van der Waals surface area contributed by atoms with Crippen molar-refractivity contribution in [3.05, 3.63) is 58.7 Å². The van der Waals surface area contributed by atoms with E-state index >= 15 is 0 Å². The second-order valence-electron chi connectivity index (χ2n) is 17.9. The molecule has 0 spiro atoms. The van der Waals surface area contributed by atoms with E-state index in [0.29, 0.717) is 0 Å². The van der Waals surface area contributed by atoms with Crippen LogP contribution < -0.4 is 0 Å². The Kier molecular flexibility index (Phi) is 34.0. The largest absolute Gasteiger partial charge is 0.364 e. The van der Waals surface area contributed by atoms with E-state index < -0.39 is 0 Å². The van der Waals surface area contributed by atoms with Gasteiger partial charge in [0, 0.05) is 111 Å². The van der Waals surface area contributed by atoms with E-state index in [9.17, 15) is 0 Å². The molecule has 3 rings (SSSR count). The van der Waals surface area contributed by atoms with Gasteiger partial charge in [-0.3, -0.25) is 0 Å². The van der Waals surface area contributed by atoms with Crippen LogP contribution in [0, 0.1) is 13.8 Å². The third-order valence-corrected chi connectivity index (χ3v) is 17.7. The van der Waals surface area contributed by atoms with Gasteiger partial charge in [0.25, 0.3) is 0 Å². The molecule has 0 unspecified atom stereocenters. The molecule has 65 heavy (non-hydrogen) atoms. The molecule has 0 N–H and O–H groups in total. The molecular weight excluding hydrogens is 953 g/mol. The summed E-state index contributed by atoms with van der Waals surface area (Å²) in [4.78, 5) is 13.4. The van der Waals surface area contributed by atoms with Gasteiger partial charge < -0.3 is 29.4 Å². The molecule has 0 bridgehead atoms. The maximum atomic E-state index is 5.58. The minimum atomic E-state index is 0.0517. The van der Waals surface area contributed by atoms with Gasteiger partial charge in [0.1, 0.15) is 17.3 Å². The molecule has 0 fully saturated rings. The molecule has 370 valence electrons. The average molecular weight is 1040 g/mol. The lowest BCUT2D eigenvalue weighted by molar-refractivity contribution is 0.293. The standard InChI is InChI=1S/C45H72N6S8.2C3H8/c1-35-17-19-37-38-20-18-36(2)34-40(38)45(39(37)33-35,21-13-11-15-23-50(25-29-56-41(52)46(3)4)26-30-57-42(53)47(5)6)22-14-12-16-24-51(27-31-58-43(54)48(7)8)28-32-59-44(55)49(9)10;2*1-3-2/h17-20,33-34H,11-16,21-32H2,1-10H3;2*3H2,1-2H3. The van der Waals surface area contributed by atoms with Crippen molar-refractivity contribution in [3.8, 4) is 11.1 Å². The number of hydrogen-bond acceptors (Lipinski definition) is 10. The summed E-state index contributed by atoms with van der Waals surface area (Å²) in [7, 11) is 16.3. The first-order chi connectivity index (χ1) is 30.9. The molecule has 0 saturated carbocycles. The fraction of sp³-hybridized carbons (Fsp3) is 0.686. The fourth-order valence-electron chi connectivity index (χ4n) is 7.50. The second-order valence-corrected chi connectivity index (χ2v) is 24.8. The zero-order valence-electron chi connectivity index (χ0n) is 43.1. The van der Waals surface area contributed by atoms with Crippen molar-refractivity contribution in [1.82, 2.24) is 29.4 Å². The molecule has 0 aliphatic heterocycles. The summed E-state index contributed by atoms with van der Waals surface area (Å²) in [6, 6.07) is 14.5. The molecule has 0 aromatic heterocycles. The molecule has 0 radical (unpaired) electrons. The summed E-state index contributed by atoms with van der Waals surface area (Å²) in [6.45, 7) is 19.4. The minimum Gasteiger partial charge on any atom is -0.364 e. The summed E-state index contributed by atoms with van der Waals surface area (Å²) in [5.41, 5.74) is 8.80. The van der Waals surface area contributed by atoms with Crippen LogP contribution in [0.15, 0.2) is 36.4 Å². The number of aryl methyl sites for hydroxylation is 2. The van der Waals surface area contributed by atoms with Crippen molar-refractivity contribution in [2.45, 2.75) is 111 Å². The molecule has 0 heterocycles. The number of nitrogens with zero attached hydrogens (tertiary/aromatic N) is 6. The highest BCUT2D eigenvalue weighted by Crippen LogP contribution is 2.54. The Morgan fingerprint density at radius 3 is 0.969 bits per heavy atom. The first-order valence-corrected chi connectivity index (χ1v) is 29.5. The van der Waals surface area contributed by atoms with Gasteiger partial charge in [-0.25, -0.2) is 0 Å². The van der Waals surface area contributed by atoms with Crippen LogP contribution in [-0.4, -0.2) is 165 Å². The van der Waals surface area contributed by atoms with E-state index in [1.807, 2.05) is 76.0 Å². The number of hydrogen-bond donors (Lipinski definition) is 0. The second kappa shape index (κ2) is 35.4. The Bertz CT molecular complexity index is 1510. The smallest absolute Gasteiger partial charge is 0.135 e. The fourth-order valence-corrected chi connectivity index (χ4v) is 11.6. The zero-order valence-corrected chi connectivity index (χ0v) is 49.6. The Balaban J connectivity index is 0.00000333. The molecule has 1 aliphatic rings. The van der Waals surface area contributed by atoms with Crippen molar-refractivity contribution in [3.63, 3.8) is 0 Å². The minimum absolute atomic E-state index is 0.0517. The Labute approximate surface area is 438 Å². The van der Waals surface area contributed by atoms with Crippen LogP contribution in [0.1, 0.15) is 114 Å². The molecule has 0 amide bonds. The molecule has 1 aliphatic carbocycles. The topological polar surface area (TPSA) is 19.4 Å². The van der Waals surface area contributed by atoms with Gasteiger partial charge >= 0.3 is 0 Å². The first kappa shape index (κ1) is 62.3. The number of unbranched alkanes of at least 4 members (excludes halogenated alkanes) is 4. The maximum absolute atomic E-state index is 5.58. The van der Waals surface area contributed by atoms with E-state index in [2.05, 4.69) is 87.7 Å². The number of thiocarbonyl (C=S) groups is 4. The predicted octanol–water partition coefficient (Wildman–Crippen LogP) is 13.4. The predicted molar refractivity (Wildman–Crippen MR) is 319 cm³/mol. The average Bonchev–Trinajstić information content (AvgIpc) is 3.50. The van der Waals surface area contributed by atoms with Gasteiger partial charge in [-0.15, -0.1) is 0 Å². The molecule has 0 atom stereocenters. The lowest BCUT2D eigenvalue weighted by atomic mass is 9.70. The van der Waals surface area contributed by atoms with Gasteiger partial charge in [0.2, 0.25) is 0 Å². The Hall–Kier alpha value is -0.680. The summed E-state index contributed by atoms with van der Waals surface area (Å²) in [5.74, 6) is 4.06. The lowest BCUT2D eigenvalue weighted by Gasteiger charge is -2.33. The quantitative estimate of drug-likeness (QED) is 0.0735. The van der Waals surface area contributed by atoms with Crippen LogP contribution >= 0.6 is 95.9 Å². The van der Waals surface area contributed by atoms with E-state index in [4.69, 9.17) is 48.9 Å². The third-order valence-electron chi connectivity index (χ3n) is 10.8. The molecular formula is C51H88N6S8. The highest BCUT2D eigenvalue weighted by Gasteiger charge is 2.42. The highest BCUT2D eigenvalue weighted by molar-refractivity contribution is 8.24. The van der Waals surface area contributed by atoms with Gasteiger partial charge in [0.15, 0.2) is 0 Å². The number of rotatable bonds is 24. The summed E-state index contributed by atoms with van der Waals surface area (Å²) >= 11 is 29.5. The SMILES string of the molecule is CCC.CCC.Cc1ccc2c(c1)C(CCCCCN(CCSC(=S)N(C)C)CCSC(=S)N(C)C)(CCCCCN(CCSC(=S)N(C)C)CCSC(=S)N(C)C)c1cc(C)ccc1-2. The number of benzene rings is 2. The molecule has 6 nitrogen and oxygen atoms in total. The summed E-state index contributed by atoms with van der Waals surface area (Å²) in [5, 5.41) is 0. The highest BCUT2D eigenvalue weighted by atomic mass is 32.2. The normalized spacial score (nSPS) is 12.1. The number of fused-ring (bicyclic) bond motifs is 3. The van der Waals surface area contributed by atoms with Crippen LogP contribution in [0.2, 0.25) is 0 Å². The third kappa shape index (κ3) is 24.1. The molecule has 2 aromatic carbocycles. The van der Waals surface area contributed by atoms with Gasteiger partial charge in [-0.1, -0.05) is 210 Å². The molecule has 14 heteroatoms. The van der Waals surface area contributed by atoms with E-state index in [0.717, 1.165) is 79.6 Å². The Morgan fingerprint density at radius 2 is 0.708 bits per heavy atom. The van der Waals surface area contributed by atoms with E-state index in [1.165, 1.54) is 86.5 Å². The van der Waals surface area contributed by atoms with E-state index in [1.54, 1.807) is 58.2 Å². The van der Waals surface area contributed by atoms with Crippen LogP contribution in [0.3, 0.4) is 0 Å². The molecule has 0 saturated heterocycles. The lowest BCUT2D eigenvalue weighted by Crippen LogP contribution is -2.31. The Morgan fingerprint density at radius 1 is 0.431 bits per heavy atom. The monoisotopic (exact) mass is 1040 g/mol. The van der Waals surface area contributed by atoms with Gasteiger partial charge in [-0.05, 0) is 74.9 Å². The number of thioether (sulfide) groups is 4. The van der Waals surface area contributed by atoms with Crippen molar-refractivity contribution in [1.29, 1.82) is 0 Å². The first-order valence-electron chi connectivity index (χ1n) is 23.9. The van der Waals surface area contributed by atoms with Crippen LogP contribution in [0.5, 0.6) is 0 Å². The van der Waals surface area contributed by atoms with Crippen LogP contribution in [0.25, 0.3) is 11.1 Å². The molecule has 2 aromatic rings. The zero-order chi connectivity index (χ0) is 49.0. The van der Waals surface area contributed by atoms with Gasteiger partial charge in [0.05, 0.1) is 0 Å². The van der Waals surface area contributed by atoms with Crippen molar-refractivity contribution < 1.29 is 0 Å². The summed E-state index contributed by atoms with van der Waals surface area (Å²) in [6.07, 6.45) is 12.2. The maximum Gasteiger partial charge on any atom is 0.135 e. The van der Waals surface area contributed by atoms with Crippen molar-refractivity contribution >= 4 is 113 Å². The van der Waals surface area contributed by atoms with Crippen molar-refractivity contribution in [2.24, 2.45) is 0 Å². The van der Waals surface area contributed by atoms with Gasteiger partial charge in [-0.2, -0.15) is 0 Å². The van der Waals surface area contributed by atoms with Crippen molar-refractivity contribution in [2.75, 3.05) is 119 Å². The van der Waals surface area contributed by atoms with Crippen LogP contribution in [-0.2, 0) is 5.41 Å². The van der Waals surface area contributed by atoms with E-state index in [-0.39, 0.29) is 5.41 Å². The summed E-state index contributed by atoms with van der Waals surface area (Å²) < 4.78 is 3.83.